The molecule has 0 aromatic heterocycles. The molecule has 2 fully saturated rings. The van der Waals surface area contributed by atoms with Crippen LogP contribution in [0.4, 0.5) is 0 Å². The van der Waals surface area contributed by atoms with E-state index in [9.17, 15) is 0 Å². The molecule has 106 valence electrons. The summed E-state index contributed by atoms with van der Waals surface area (Å²) < 4.78 is 5.90. The summed E-state index contributed by atoms with van der Waals surface area (Å²) in [6.45, 7) is 5.54. The van der Waals surface area contributed by atoms with E-state index in [2.05, 4.69) is 13.8 Å². The van der Waals surface area contributed by atoms with E-state index in [-0.39, 0.29) is 0 Å². The Kier molecular flexibility index (Phi) is 6.01. The summed E-state index contributed by atoms with van der Waals surface area (Å²) >= 11 is 0. The topological polar surface area (TPSA) is 9.23 Å². The van der Waals surface area contributed by atoms with E-state index >= 15 is 0 Å². The molecule has 2 rings (SSSR count). The molecule has 0 N–H and O–H groups in total. The van der Waals surface area contributed by atoms with Crippen LogP contribution in [0.1, 0.15) is 78.1 Å². The van der Waals surface area contributed by atoms with Crippen molar-refractivity contribution in [3.8, 4) is 0 Å². The highest BCUT2D eigenvalue weighted by molar-refractivity contribution is 4.82. The van der Waals surface area contributed by atoms with E-state index in [0.29, 0.717) is 6.10 Å². The fraction of sp³-hybridized carbons (Fsp3) is 1.00. The maximum absolute atomic E-state index is 5.90. The highest BCUT2D eigenvalue weighted by Gasteiger charge is 2.30. The largest absolute Gasteiger partial charge is 0.378 e. The van der Waals surface area contributed by atoms with Crippen LogP contribution in [0, 0.1) is 17.8 Å². The minimum atomic E-state index is 0.591. The van der Waals surface area contributed by atoms with Gasteiger partial charge in [0.05, 0.1) is 6.10 Å². The van der Waals surface area contributed by atoms with Gasteiger partial charge in [0, 0.05) is 6.61 Å². The van der Waals surface area contributed by atoms with Crippen molar-refractivity contribution in [3.05, 3.63) is 0 Å². The van der Waals surface area contributed by atoms with Crippen molar-refractivity contribution in [2.24, 2.45) is 17.8 Å². The molecule has 0 unspecified atom stereocenters. The quantitative estimate of drug-likeness (QED) is 0.654. The third-order valence-electron chi connectivity index (χ3n) is 5.41. The SMILES string of the molecule is CCCO[C@H]1CC[C@H]([C@H]2CC[C@H](CC)CC2)CC1. The molecule has 0 radical (unpaired) electrons. The number of rotatable bonds is 5. The van der Waals surface area contributed by atoms with E-state index < -0.39 is 0 Å². The van der Waals surface area contributed by atoms with Crippen LogP contribution in [0.3, 0.4) is 0 Å². The Morgan fingerprint density at radius 2 is 1.33 bits per heavy atom. The van der Waals surface area contributed by atoms with E-state index in [1.807, 2.05) is 0 Å². The molecule has 1 nitrogen and oxygen atoms in total. The van der Waals surface area contributed by atoms with Gasteiger partial charge in [-0.25, -0.2) is 0 Å². The van der Waals surface area contributed by atoms with E-state index in [0.717, 1.165) is 24.4 Å². The van der Waals surface area contributed by atoms with Gasteiger partial charge in [-0.2, -0.15) is 0 Å². The second-order valence-corrected chi connectivity index (χ2v) is 6.60. The average Bonchev–Trinajstić information content (AvgIpc) is 2.46. The third-order valence-corrected chi connectivity index (χ3v) is 5.41. The zero-order valence-electron chi connectivity index (χ0n) is 12.5. The van der Waals surface area contributed by atoms with Crippen molar-refractivity contribution in [2.75, 3.05) is 6.61 Å². The minimum absolute atomic E-state index is 0.591. The standard InChI is InChI=1S/C17H32O/c1-3-13-18-17-11-9-16(10-12-17)15-7-5-14(4-2)6-8-15/h14-17H,3-13H2,1-2H3/t14-,15-,16-,17-. The highest BCUT2D eigenvalue weighted by Crippen LogP contribution is 2.41. The summed E-state index contributed by atoms with van der Waals surface area (Å²) in [5, 5.41) is 0. The van der Waals surface area contributed by atoms with Crippen LogP contribution in [-0.4, -0.2) is 12.7 Å². The second kappa shape index (κ2) is 7.53. The van der Waals surface area contributed by atoms with Crippen molar-refractivity contribution in [2.45, 2.75) is 84.2 Å². The lowest BCUT2D eigenvalue weighted by Crippen LogP contribution is -2.28. The monoisotopic (exact) mass is 252 g/mol. The summed E-state index contributed by atoms with van der Waals surface area (Å²) in [5.74, 6) is 3.13. The van der Waals surface area contributed by atoms with Crippen molar-refractivity contribution < 1.29 is 4.74 Å². The summed E-state index contributed by atoms with van der Waals surface area (Å²) in [4.78, 5) is 0. The van der Waals surface area contributed by atoms with Gasteiger partial charge in [-0.15, -0.1) is 0 Å². The normalized spacial score (nSPS) is 37.7. The van der Waals surface area contributed by atoms with Gasteiger partial charge in [0.2, 0.25) is 0 Å². The Labute approximate surface area is 114 Å². The van der Waals surface area contributed by atoms with Crippen molar-refractivity contribution in [1.82, 2.24) is 0 Å². The van der Waals surface area contributed by atoms with Crippen LogP contribution in [0.15, 0.2) is 0 Å². The van der Waals surface area contributed by atoms with E-state index in [1.165, 1.54) is 64.2 Å². The average molecular weight is 252 g/mol. The van der Waals surface area contributed by atoms with Crippen LogP contribution in [-0.2, 0) is 4.74 Å². The summed E-state index contributed by atoms with van der Waals surface area (Å²) in [5.41, 5.74) is 0. The summed E-state index contributed by atoms with van der Waals surface area (Å²) in [7, 11) is 0. The van der Waals surface area contributed by atoms with Gasteiger partial charge in [-0.3, -0.25) is 0 Å². The predicted molar refractivity (Wildman–Crippen MR) is 77.7 cm³/mol. The van der Waals surface area contributed by atoms with E-state index in [4.69, 9.17) is 4.74 Å². The van der Waals surface area contributed by atoms with Crippen LogP contribution >= 0.6 is 0 Å². The summed E-state index contributed by atoms with van der Waals surface area (Å²) in [6.07, 6.45) is 14.8. The second-order valence-electron chi connectivity index (χ2n) is 6.60. The lowest BCUT2D eigenvalue weighted by Gasteiger charge is -2.37. The van der Waals surface area contributed by atoms with Gasteiger partial charge in [0.15, 0.2) is 0 Å². The first-order valence-electron chi connectivity index (χ1n) is 8.45. The number of hydrogen-bond donors (Lipinski definition) is 0. The zero-order valence-corrected chi connectivity index (χ0v) is 12.5. The molecule has 0 saturated heterocycles. The fourth-order valence-electron chi connectivity index (χ4n) is 4.08. The number of ether oxygens (including phenoxy) is 1. The van der Waals surface area contributed by atoms with Gasteiger partial charge in [0.25, 0.3) is 0 Å². The van der Waals surface area contributed by atoms with Gasteiger partial charge in [-0.1, -0.05) is 33.1 Å². The lowest BCUT2D eigenvalue weighted by atomic mass is 9.70. The van der Waals surface area contributed by atoms with Gasteiger partial charge in [-0.05, 0) is 62.7 Å². The van der Waals surface area contributed by atoms with E-state index in [1.54, 1.807) is 0 Å². The zero-order chi connectivity index (χ0) is 12.8. The van der Waals surface area contributed by atoms with Gasteiger partial charge < -0.3 is 4.74 Å². The lowest BCUT2D eigenvalue weighted by molar-refractivity contribution is 0.00736. The molecule has 0 amide bonds. The maximum Gasteiger partial charge on any atom is 0.0575 e. The molecule has 2 aliphatic carbocycles. The molecule has 1 heteroatoms. The molecule has 0 aliphatic heterocycles. The summed E-state index contributed by atoms with van der Waals surface area (Å²) in [6, 6.07) is 0. The molecular formula is C17H32O. The Balaban J connectivity index is 1.67. The first kappa shape index (κ1) is 14.4. The van der Waals surface area contributed by atoms with Crippen molar-refractivity contribution in [1.29, 1.82) is 0 Å². The fourth-order valence-corrected chi connectivity index (χ4v) is 4.08. The Bertz CT molecular complexity index is 210. The van der Waals surface area contributed by atoms with Gasteiger partial charge >= 0.3 is 0 Å². The molecule has 2 aliphatic rings. The smallest absolute Gasteiger partial charge is 0.0575 e. The molecule has 18 heavy (non-hydrogen) atoms. The molecule has 0 aromatic rings. The molecule has 0 heterocycles. The number of hydrogen-bond acceptors (Lipinski definition) is 1. The Morgan fingerprint density at radius 3 is 1.83 bits per heavy atom. The first-order chi connectivity index (χ1) is 8.83. The minimum Gasteiger partial charge on any atom is -0.378 e. The molecule has 2 saturated carbocycles. The maximum atomic E-state index is 5.90. The third kappa shape index (κ3) is 3.98. The van der Waals surface area contributed by atoms with Crippen LogP contribution in [0.25, 0.3) is 0 Å². The molecule has 0 aromatic carbocycles. The van der Waals surface area contributed by atoms with Crippen LogP contribution < -0.4 is 0 Å². The van der Waals surface area contributed by atoms with Crippen molar-refractivity contribution in [3.63, 3.8) is 0 Å². The molecular weight excluding hydrogens is 220 g/mol. The van der Waals surface area contributed by atoms with Gasteiger partial charge in [0.1, 0.15) is 0 Å². The molecule has 0 atom stereocenters. The van der Waals surface area contributed by atoms with Crippen molar-refractivity contribution >= 4 is 0 Å². The predicted octanol–water partition coefficient (Wildman–Crippen LogP) is 5.19. The molecule has 0 bridgehead atoms. The van der Waals surface area contributed by atoms with Crippen LogP contribution in [0.2, 0.25) is 0 Å². The molecule has 0 spiro atoms. The Morgan fingerprint density at radius 1 is 0.778 bits per heavy atom. The Hall–Kier alpha value is -0.0400. The van der Waals surface area contributed by atoms with Crippen LogP contribution in [0.5, 0.6) is 0 Å². The highest BCUT2D eigenvalue weighted by atomic mass is 16.5. The first-order valence-corrected chi connectivity index (χ1v) is 8.45.